The molecule has 0 aromatic carbocycles. The second-order valence-corrected chi connectivity index (χ2v) is 4.07. The van der Waals surface area contributed by atoms with Crippen LogP contribution < -0.4 is 11.1 Å². The summed E-state index contributed by atoms with van der Waals surface area (Å²) in [6.45, 7) is 0.376. The monoisotopic (exact) mass is 236 g/mol. The van der Waals surface area contributed by atoms with Crippen LogP contribution in [0.2, 0.25) is 0 Å². The minimum atomic E-state index is -0.549. The molecule has 16 heavy (non-hydrogen) atoms. The number of anilines is 2. The molecule has 0 fully saturated rings. The second kappa shape index (κ2) is 4.91. The van der Waals surface area contributed by atoms with Crippen molar-refractivity contribution in [2.45, 2.75) is 6.10 Å². The number of hydrogen-bond donors (Lipinski definition) is 3. The van der Waals surface area contributed by atoms with Crippen molar-refractivity contribution in [3.8, 4) is 0 Å². The summed E-state index contributed by atoms with van der Waals surface area (Å²) in [6.07, 6.45) is 2.49. The predicted molar refractivity (Wildman–Crippen MR) is 64.2 cm³/mol. The van der Waals surface area contributed by atoms with Gasteiger partial charge in [0.25, 0.3) is 0 Å². The zero-order valence-electron chi connectivity index (χ0n) is 8.50. The van der Waals surface area contributed by atoms with E-state index in [0.29, 0.717) is 18.2 Å². The number of nitrogen functional groups attached to an aromatic ring is 1. The second-order valence-electron chi connectivity index (χ2n) is 3.29. The van der Waals surface area contributed by atoms with E-state index in [1.165, 1.54) is 12.4 Å². The van der Waals surface area contributed by atoms with Gasteiger partial charge in [-0.25, -0.2) is 9.97 Å². The van der Waals surface area contributed by atoms with Gasteiger partial charge in [0.05, 0.1) is 24.2 Å². The first-order valence-corrected chi connectivity index (χ1v) is 5.71. The summed E-state index contributed by atoms with van der Waals surface area (Å²) in [7, 11) is 0. The molecule has 0 amide bonds. The topological polar surface area (TPSA) is 84.1 Å². The first-order valence-electron chi connectivity index (χ1n) is 4.77. The zero-order chi connectivity index (χ0) is 11.4. The Morgan fingerprint density at radius 2 is 2.19 bits per heavy atom. The summed E-state index contributed by atoms with van der Waals surface area (Å²) in [6, 6.07) is 1.89. The molecule has 6 heteroatoms. The van der Waals surface area contributed by atoms with E-state index in [0.717, 1.165) is 5.56 Å². The predicted octanol–water partition coefficient (Wildman–Crippen LogP) is 1.27. The van der Waals surface area contributed by atoms with Crippen molar-refractivity contribution < 1.29 is 5.11 Å². The van der Waals surface area contributed by atoms with Crippen molar-refractivity contribution in [3.05, 3.63) is 34.8 Å². The average molecular weight is 236 g/mol. The summed E-state index contributed by atoms with van der Waals surface area (Å²) in [5.41, 5.74) is 6.87. The third kappa shape index (κ3) is 2.68. The average Bonchev–Trinajstić information content (AvgIpc) is 2.81. The van der Waals surface area contributed by atoms with Gasteiger partial charge in [-0.1, -0.05) is 0 Å². The van der Waals surface area contributed by atoms with Crippen LogP contribution in [0.15, 0.2) is 29.2 Å². The van der Waals surface area contributed by atoms with E-state index >= 15 is 0 Å². The van der Waals surface area contributed by atoms with Gasteiger partial charge in [0.2, 0.25) is 5.95 Å². The standard InChI is InChI=1S/C10H12N4OS/c11-8-3-12-10(13-4-8)14-5-9(15)7-1-2-16-6-7/h1-4,6,9,15H,5,11H2,(H,12,13,14). The molecule has 0 aliphatic carbocycles. The number of thiophene rings is 1. The Morgan fingerprint density at radius 3 is 2.81 bits per heavy atom. The molecule has 5 nitrogen and oxygen atoms in total. The van der Waals surface area contributed by atoms with E-state index in [1.807, 2.05) is 16.8 Å². The Morgan fingerprint density at radius 1 is 1.44 bits per heavy atom. The highest BCUT2D eigenvalue weighted by Crippen LogP contribution is 2.16. The fraction of sp³-hybridized carbons (Fsp3) is 0.200. The lowest BCUT2D eigenvalue weighted by Crippen LogP contribution is -2.13. The third-order valence-electron chi connectivity index (χ3n) is 2.05. The Labute approximate surface area is 97.0 Å². The number of nitrogens with one attached hydrogen (secondary N) is 1. The minimum absolute atomic E-state index is 0.376. The smallest absolute Gasteiger partial charge is 0.222 e. The lowest BCUT2D eigenvalue weighted by molar-refractivity contribution is 0.192. The number of nitrogens with two attached hydrogens (primary N) is 1. The van der Waals surface area contributed by atoms with E-state index in [-0.39, 0.29) is 0 Å². The molecule has 0 saturated carbocycles. The van der Waals surface area contributed by atoms with Crippen molar-refractivity contribution in [1.82, 2.24) is 9.97 Å². The largest absolute Gasteiger partial charge is 0.396 e. The maximum atomic E-state index is 9.79. The van der Waals surface area contributed by atoms with E-state index in [1.54, 1.807) is 11.3 Å². The first-order chi connectivity index (χ1) is 7.75. The molecule has 1 atom stereocenters. The van der Waals surface area contributed by atoms with Crippen molar-refractivity contribution in [2.75, 3.05) is 17.6 Å². The molecule has 0 aliphatic rings. The number of aliphatic hydroxyl groups is 1. The summed E-state index contributed by atoms with van der Waals surface area (Å²) in [5.74, 6) is 0.462. The molecule has 0 aliphatic heterocycles. The Bertz CT molecular complexity index is 429. The lowest BCUT2D eigenvalue weighted by Gasteiger charge is -2.09. The molecule has 2 heterocycles. The highest BCUT2D eigenvalue weighted by Gasteiger charge is 2.07. The quantitative estimate of drug-likeness (QED) is 0.744. The van der Waals surface area contributed by atoms with Crippen LogP contribution in [0.1, 0.15) is 11.7 Å². The highest BCUT2D eigenvalue weighted by atomic mass is 32.1. The van der Waals surface area contributed by atoms with Crippen LogP contribution in [0.3, 0.4) is 0 Å². The fourth-order valence-corrected chi connectivity index (χ4v) is 1.91. The first kappa shape index (κ1) is 10.8. The van der Waals surface area contributed by atoms with Gasteiger partial charge in [-0.3, -0.25) is 0 Å². The highest BCUT2D eigenvalue weighted by molar-refractivity contribution is 7.07. The van der Waals surface area contributed by atoms with Crippen molar-refractivity contribution in [3.63, 3.8) is 0 Å². The van der Waals surface area contributed by atoms with Gasteiger partial charge in [-0.05, 0) is 22.4 Å². The maximum absolute atomic E-state index is 9.79. The van der Waals surface area contributed by atoms with Crippen LogP contribution in [0.4, 0.5) is 11.6 Å². The van der Waals surface area contributed by atoms with Crippen LogP contribution in [0.25, 0.3) is 0 Å². The summed E-state index contributed by atoms with van der Waals surface area (Å²) in [4.78, 5) is 7.95. The molecule has 0 bridgehead atoms. The molecule has 2 rings (SSSR count). The molecule has 0 saturated heterocycles. The molecular weight excluding hydrogens is 224 g/mol. The van der Waals surface area contributed by atoms with Crippen molar-refractivity contribution in [1.29, 1.82) is 0 Å². The molecule has 0 spiro atoms. The normalized spacial score (nSPS) is 12.3. The zero-order valence-corrected chi connectivity index (χ0v) is 9.31. The Balaban J connectivity index is 1.90. The van der Waals surface area contributed by atoms with E-state index in [4.69, 9.17) is 5.73 Å². The van der Waals surface area contributed by atoms with Crippen molar-refractivity contribution >= 4 is 23.0 Å². The molecule has 2 aromatic heterocycles. The fourth-order valence-electron chi connectivity index (χ4n) is 1.20. The SMILES string of the molecule is Nc1cnc(NCC(O)c2ccsc2)nc1. The van der Waals surface area contributed by atoms with Gasteiger partial charge >= 0.3 is 0 Å². The lowest BCUT2D eigenvalue weighted by atomic mass is 10.2. The van der Waals surface area contributed by atoms with Gasteiger partial charge in [0.1, 0.15) is 0 Å². The number of hydrogen-bond acceptors (Lipinski definition) is 6. The third-order valence-corrected chi connectivity index (χ3v) is 2.75. The number of nitrogens with zero attached hydrogens (tertiary/aromatic N) is 2. The van der Waals surface area contributed by atoms with E-state index < -0.39 is 6.10 Å². The number of aliphatic hydroxyl groups excluding tert-OH is 1. The van der Waals surface area contributed by atoms with Gasteiger partial charge in [0, 0.05) is 6.54 Å². The molecule has 4 N–H and O–H groups in total. The summed E-state index contributed by atoms with van der Waals surface area (Å²) >= 11 is 1.56. The Kier molecular flexibility index (Phi) is 3.33. The van der Waals surface area contributed by atoms with Crippen LogP contribution in [-0.2, 0) is 0 Å². The van der Waals surface area contributed by atoms with Gasteiger partial charge in [-0.15, -0.1) is 0 Å². The maximum Gasteiger partial charge on any atom is 0.222 e. The van der Waals surface area contributed by atoms with Crippen LogP contribution in [-0.4, -0.2) is 21.6 Å². The van der Waals surface area contributed by atoms with Crippen LogP contribution in [0, 0.1) is 0 Å². The summed E-state index contributed by atoms with van der Waals surface area (Å²) < 4.78 is 0. The van der Waals surface area contributed by atoms with Crippen LogP contribution in [0.5, 0.6) is 0 Å². The van der Waals surface area contributed by atoms with Gasteiger partial charge < -0.3 is 16.2 Å². The van der Waals surface area contributed by atoms with E-state index in [2.05, 4.69) is 15.3 Å². The van der Waals surface area contributed by atoms with Crippen molar-refractivity contribution in [2.24, 2.45) is 0 Å². The summed E-state index contributed by atoms with van der Waals surface area (Å²) in [5, 5.41) is 16.6. The van der Waals surface area contributed by atoms with Gasteiger partial charge in [-0.2, -0.15) is 11.3 Å². The van der Waals surface area contributed by atoms with Crippen LogP contribution >= 0.6 is 11.3 Å². The minimum Gasteiger partial charge on any atom is -0.396 e. The number of aromatic nitrogens is 2. The molecular formula is C10H12N4OS. The number of rotatable bonds is 4. The molecule has 2 aromatic rings. The molecule has 84 valence electrons. The molecule has 1 unspecified atom stereocenters. The Hall–Kier alpha value is -1.66. The van der Waals surface area contributed by atoms with E-state index in [9.17, 15) is 5.11 Å². The molecule has 0 radical (unpaired) electrons. The van der Waals surface area contributed by atoms with Gasteiger partial charge in [0.15, 0.2) is 0 Å².